The van der Waals surface area contributed by atoms with Crippen molar-refractivity contribution >= 4 is 27.8 Å². The van der Waals surface area contributed by atoms with Gasteiger partial charge < -0.3 is 25.0 Å². The van der Waals surface area contributed by atoms with Gasteiger partial charge in [0.1, 0.15) is 11.6 Å². The number of aromatic nitrogens is 2. The van der Waals surface area contributed by atoms with E-state index in [1.807, 2.05) is 4.90 Å². The fraction of sp³-hybridized carbons (Fsp3) is 0.636. The van der Waals surface area contributed by atoms with Crippen LogP contribution in [0.25, 0.3) is 0 Å². The number of carbonyl (C=O) groups is 2. The van der Waals surface area contributed by atoms with E-state index in [4.69, 9.17) is 9.47 Å². The second-order valence-corrected chi connectivity index (χ2v) is 11.4. The highest BCUT2D eigenvalue weighted by molar-refractivity contribution is 7.91. The van der Waals surface area contributed by atoms with Crippen molar-refractivity contribution in [3.63, 3.8) is 0 Å². The number of ether oxygens (including phenoxy) is 2. The summed E-state index contributed by atoms with van der Waals surface area (Å²) in [6, 6.07) is 1.09. The van der Waals surface area contributed by atoms with Gasteiger partial charge in [0.25, 0.3) is 5.91 Å². The topological polar surface area (TPSA) is 152 Å². The second-order valence-electron chi connectivity index (χ2n) is 9.41. The number of nitrogens with one attached hydrogen (secondary N) is 3. The molecule has 4 fully saturated rings. The molecular weight excluding hydrogens is 476 g/mol. The van der Waals surface area contributed by atoms with Crippen LogP contribution in [0.3, 0.4) is 0 Å². The number of hydrogen-bond donors (Lipinski definition) is 3. The van der Waals surface area contributed by atoms with E-state index in [1.54, 1.807) is 18.3 Å². The Kier molecular flexibility index (Phi) is 6.40. The van der Waals surface area contributed by atoms with E-state index in [-0.39, 0.29) is 17.9 Å². The van der Waals surface area contributed by atoms with Gasteiger partial charge in [-0.1, -0.05) is 6.08 Å². The van der Waals surface area contributed by atoms with Gasteiger partial charge in [0.05, 0.1) is 24.5 Å². The summed E-state index contributed by atoms with van der Waals surface area (Å²) in [5.41, 5.74) is -1.29. The number of amides is 2. The van der Waals surface area contributed by atoms with E-state index in [0.29, 0.717) is 70.4 Å². The largest absolute Gasteiger partial charge is 0.473 e. The predicted molar refractivity (Wildman–Crippen MR) is 125 cm³/mol. The number of hydrogen-bond acceptors (Lipinski definition) is 10. The van der Waals surface area contributed by atoms with Crippen LogP contribution in [0.1, 0.15) is 25.7 Å². The molecule has 2 saturated carbocycles. The third-order valence-corrected chi connectivity index (χ3v) is 8.67. The molecule has 0 radical (unpaired) electrons. The zero-order valence-electron chi connectivity index (χ0n) is 19.3. The Hall–Kier alpha value is -2.77. The van der Waals surface area contributed by atoms with Crippen LogP contribution in [0.2, 0.25) is 0 Å². The summed E-state index contributed by atoms with van der Waals surface area (Å²) in [5, 5.41) is 5.37. The van der Waals surface area contributed by atoms with E-state index in [2.05, 4.69) is 31.9 Å². The summed E-state index contributed by atoms with van der Waals surface area (Å²) in [6.07, 6.45) is 4.68. The maximum atomic E-state index is 13.0. The Morgan fingerprint density at radius 2 is 2.09 bits per heavy atom. The predicted octanol–water partition coefficient (Wildman–Crippen LogP) is -0.908. The maximum absolute atomic E-state index is 13.0. The van der Waals surface area contributed by atoms with Crippen LogP contribution >= 0.6 is 0 Å². The van der Waals surface area contributed by atoms with Gasteiger partial charge in [0.2, 0.25) is 27.8 Å². The average Bonchev–Trinajstić information content (AvgIpc) is 3.77. The molecule has 2 amide bonds. The number of nitrogens with zero attached hydrogens (tertiary/aromatic N) is 3. The molecule has 5 rings (SSSR count). The van der Waals surface area contributed by atoms with Gasteiger partial charge in [-0.05, 0) is 19.3 Å². The van der Waals surface area contributed by atoms with Gasteiger partial charge in [0, 0.05) is 44.2 Å². The molecule has 3 heterocycles. The van der Waals surface area contributed by atoms with Crippen molar-refractivity contribution in [1.29, 1.82) is 0 Å². The molecule has 0 spiro atoms. The summed E-state index contributed by atoms with van der Waals surface area (Å²) in [4.78, 5) is 36.7. The summed E-state index contributed by atoms with van der Waals surface area (Å²) in [5.74, 6) is -0.413. The number of sulfonamides is 1. The van der Waals surface area contributed by atoms with Gasteiger partial charge in [0.15, 0.2) is 0 Å². The lowest BCUT2D eigenvalue weighted by Gasteiger charge is -2.26. The molecule has 3 unspecified atom stereocenters. The summed E-state index contributed by atoms with van der Waals surface area (Å²) in [6.45, 7) is 6.79. The Morgan fingerprint density at radius 1 is 1.31 bits per heavy atom. The second kappa shape index (κ2) is 9.36. The first-order valence-corrected chi connectivity index (χ1v) is 13.4. The normalized spacial score (nSPS) is 30.4. The van der Waals surface area contributed by atoms with Crippen LogP contribution in [0.15, 0.2) is 24.9 Å². The van der Waals surface area contributed by atoms with E-state index in [0.717, 1.165) is 0 Å². The standard InChI is InChI=1S/C22H30N6O6S/c1-2-14-12-22(14,20(30)27-35(31,32)16-3-4-16)26-19(29)17-11-15(13-24-17)34-18-5-6-23-21(25-18)28-7-9-33-10-8-28/h2,5-6,14-17,24H,1,3-4,7-13H2,(H,26,29)(H,27,30)/t14?,15-,17?,22?/m1/s1. The molecule has 190 valence electrons. The van der Waals surface area contributed by atoms with E-state index < -0.39 is 32.8 Å². The summed E-state index contributed by atoms with van der Waals surface area (Å²) < 4.78 is 38.0. The van der Waals surface area contributed by atoms with Crippen molar-refractivity contribution in [2.45, 2.75) is 48.6 Å². The molecule has 2 saturated heterocycles. The molecule has 3 N–H and O–H groups in total. The lowest BCUT2D eigenvalue weighted by molar-refractivity contribution is -0.130. The number of carbonyl (C=O) groups excluding carboxylic acids is 2. The van der Waals surface area contributed by atoms with Gasteiger partial charge in [-0.25, -0.2) is 13.4 Å². The smallest absolute Gasteiger partial charge is 0.259 e. The third-order valence-electron chi connectivity index (χ3n) is 6.85. The minimum atomic E-state index is -3.71. The van der Waals surface area contributed by atoms with Crippen LogP contribution in [0, 0.1) is 5.92 Å². The van der Waals surface area contributed by atoms with Crippen LogP contribution in [0.5, 0.6) is 5.88 Å². The maximum Gasteiger partial charge on any atom is 0.259 e. The quantitative estimate of drug-likeness (QED) is 0.359. The first kappa shape index (κ1) is 23.9. The van der Waals surface area contributed by atoms with Gasteiger partial charge in [-0.2, -0.15) is 4.98 Å². The lowest BCUT2D eigenvalue weighted by atomic mass is 10.1. The summed E-state index contributed by atoms with van der Waals surface area (Å²) >= 11 is 0. The van der Waals surface area contributed by atoms with Crippen molar-refractivity contribution in [3.8, 4) is 5.88 Å². The third kappa shape index (κ3) is 5.11. The van der Waals surface area contributed by atoms with Crippen LogP contribution in [0.4, 0.5) is 5.95 Å². The zero-order valence-corrected chi connectivity index (χ0v) is 20.1. The first-order chi connectivity index (χ1) is 16.8. The van der Waals surface area contributed by atoms with Crippen LogP contribution in [-0.2, 0) is 24.3 Å². The van der Waals surface area contributed by atoms with Crippen molar-refractivity contribution in [2.75, 3.05) is 37.7 Å². The minimum Gasteiger partial charge on any atom is -0.473 e. The van der Waals surface area contributed by atoms with Gasteiger partial charge in [-0.15, -0.1) is 6.58 Å². The molecule has 2 aliphatic carbocycles. The zero-order chi connectivity index (χ0) is 24.6. The SMILES string of the molecule is C=CC1CC1(NC(=O)C1C[C@@H](Oc2ccnc(N3CCOCC3)n2)CN1)C(=O)NS(=O)(=O)C1CC1. The van der Waals surface area contributed by atoms with E-state index in [9.17, 15) is 18.0 Å². The van der Waals surface area contributed by atoms with E-state index in [1.165, 1.54) is 0 Å². The monoisotopic (exact) mass is 506 g/mol. The van der Waals surface area contributed by atoms with E-state index >= 15 is 0 Å². The molecule has 0 bridgehead atoms. The molecule has 12 nitrogen and oxygen atoms in total. The van der Waals surface area contributed by atoms with Crippen LogP contribution < -0.4 is 25.0 Å². The Morgan fingerprint density at radius 3 is 2.77 bits per heavy atom. The molecule has 0 aromatic carbocycles. The first-order valence-electron chi connectivity index (χ1n) is 11.9. The fourth-order valence-electron chi connectivity index (χ4n) is 4.50. The van der Waals surface area contributed by atoms with Gasteiger partial charge in [-0.3, -0.25) is 14.3 Å². The minimum absolute atomic E-state index is 0.299. The summed E-state index contributed by atoms with van der Waals surface area (Å²) in [7, 11) is -3.71. The Bertz CT molecular complexity index is 1110. The molecule has 4 atom stereocenters. The molecule has 1 aromatic heterocycles. The van der Waals surface area contributed by atoms with Crippen molar-refractivity contribution in [1.82, 2.24) is 25.3 Å². The van der Waals surface area contributed by atoms with Crippen molar-refractivity contribution < 1.29 is 27.5 Å². The van der Waals surface area contributed by atoms with Crippen molar-refractivity contribution in [3.05, 3.63) is 24.9 Å². The Balaban J connectivity index is 1.17. The number of rotatable bonds is 9. The highest BCUT2D eigenvalue weighted by atomic mass is 32.2. The lowest BCUT2D eigenvalue weighted by Crippen LogP contribution is -2.55. The van der Waals surface area contributed by atoms with Gasteiger partial charge >= 0.3 is 0 Å². The molecule has 35 heavy (non-hydrogen) atoms. The van der Waals surface area contributed by atoms with Crippen molar-refractivity contribution in [2.24, 2.45) is 5.92 Å². The average molecular weight is 507 g/mol. The highest BCUT2D eigenvalue weighted by Gasteiger charge is 2.61. The number of anilines is 1. The van der Waals surface area contributed by atoms with Crippen LogP contribution in [-0.4, -0.2) is 86.0 Å². The Labute approximate surface area is 203 Å². The molecular formula is C22H30N6O6S. The fourth-order valence-corrected chi connectivity index (χ4v) is 5.86. The molecule has 13 heteroatoms. The number of morpholine rings is 1. The molecule has 2 aliphatic heterocycles. The molecule has 1 aromatic rings. The highest BCUT2D eigenvalue weighted by Crippen LogP contribution is 2.45. The molecule has 4 aliphatic rings.